The van der Waals surface area contributed by atoms with Gasteiger partial charge in [-0.05, 0) is 42.8 Å². The minimum absolute atomic E-state index is 0.879. The predicted octanol–water partition coefficient (Wildman–Crippen LogP) is 5.11. The van der Waals surface area contributed by atoms with Crippen LogP contribution in [0.15, 0.2) is 66.4 Å². The molecule has 5 heterocycles. The SMILES string of the molecule is Cc1cccc(-c2[nH]cnc2-c2ccc3ncc(-c4nc(C5=CCNC5)cs4)cc3c2)n1. The van der Waals surface area contributed by atoms with E-state index >= 15 is 0 Å². The van der Waals surface area contributed by atoms with Crippen molar-refractivity contribution >= 4 is 27.8 Å². The average molecular weight is 437 g/mol. The fourth-order valence-corrected chi connectivity index (χ4v) is 4.84. The quantitative estimate of drug-likeness (QED) is 0.409. The number of pyridine rings is 2. The lowest BCUT2D eigenvalue weighted by Gasteiger charge is -2.06. The summed E-state index contributed by atoms with van der Waals surface area (Å²) in [6, 6.07) is 14.4. The van der Waals surface area contributed by atoms with Crippen molar-refractivity contribution in [1.82, 2.24) is 30.2 Å². The lowest BCUT2D eigenvalue weighted by Crippen LogP contribution is -2.07. The molecule has 0 saturated carbocycles. The summed E-state index contributed by atoms with van der Waals surface area (Å²) >= 11 is 1.66. The highest BCUT2D eigenvalue weighted by Crippen LogP contribution is 2.32. The van der Waals surface area contributed by atoms with Gasteiger partial charge >= 0.3 is 0 Å². The summed E-state index contributed by atoms with van der Waals surface area (Å²) in [6.07, 6.45) is 5.83. The minimum Gasteiger partial charge on any atom is -0.343 e. The van der Waals surface area contributed by atoms with Gasteiger partial charge < -0.3 is 10.3 Å². The molecular weight excluding hydrogens is 416 g/mol. The van der Waals surface area contributed by atoms with E-state index in [9.17, 15) is 0 Å². The van der Waals surface area contributed by atoms with Gasteiger partial charge in [-0.15, -0.1) is 11.3 Å². The number of nitrogens with zero attached hydrogens (tertiary/aromatic N) is 4. The first kappa shape index (κ1) is 19.0. The Kier molecular flexibility index (Phi) is 4.63. The third-order valence-electron chi connectivity index (χ3n) is 5.63. The Morgan fingerprint density at radius 2 is 1.91 bits per heavy atom. The van der Waals surface area contributed by atoms with Gasteiger partial charge in [0.15, 0.2) is 0 Å². The molecule has 1 aliphatic heterocycles. The molecule has 0 radical (unpaired) electrons. The van der Waals surface area contributed by atoms with Gasteiger partial charge in [0, 0.05) is 46.9 Å². The maximum atomic E-state index is 4.85. The summed E-state index contributed by atoms with van der Waals surface area (Å²) in [6.45, 7) is 3.78. The van der Waals surface area contributed by atoms with Gasteiger partial charge in [0.05, 0.1) is 34.6 Å². The van der Waals surface area contributed by atoms with Crippen LogP contribution >= 0.6 is 11.3 Å². The highest BCUT2D eigenvalue weighted by atomic mass is 32.1. The van der Waals surface area contributed by atoms with E-state index in [1.807, 2.05) is 37.4 Å². The normalized spacial score (nSPS) is 13.6. The van der Waals surface area contributed by atoms with E-state index in [-0.39, 0.29) is 0 Å². The summed E-state index contributed by atoms with van der Waals surface area (Å²) in [5.41, 5.74) is 8.97. The van der Waals surface area contributed by atoms with Gasteiger partial charge in [0.2, 0.25) is 0 Å². The highest BCUT2D eigenvalue weighted by Gasteiger charge is 2.14. The van der Waals surface area contributed by atoms with Gasteiger partial charge in [-0.3, -0.25) is 9.97 Å². The number of aromatic amines is 1. The zero-order valence-corrected chi connectivity index (χ0v) is 18.3. The lowest BCUT2D eigenvalue weighted by atomic mass is 10.0. The van der Waals surface area contributed by atoms with E-state index in [0.29, 0.717) is 0 Å². The lowest BCUT2D eigenvalue weighted by molar-refractivity contribution is 0.896. The van der Waals surface area contributed by atoms with Gasteiger partial charge in [0.1, 0.15) is 5.01 Å². The molecule has 0 spiro atoms. The minimum atomic E-state index is 0.879. The van der Waals surface area contributed by atoms with Crippen LogP contribution in [-0.4, -0.2) is 38.0 Å². The fourth-order valence-electron chi connectivity index (χ4n) is 4.01. The van der Waals surface area contributed by atoms with Crippen LogP contribution in [0.3, 0.4) is 0 Å². The Balaban J connectivity index is 1.39. The number of benzene rings is 1. The number of hydrogen-bond acceptors (Lipinski definition) is 6. The second-order valence-electron chi connectivity index (χ2n) is 7.82. The molecule has 2 N–H and O–H groups in total. The average Bonchev–Trinajstić information content (AvgIpc) is 3.59. The summed E-state index contributed by atoms with van der Waals surface area (Å²) in [5, 5.41) is 7.50. The van der Waals surface area contributed by atoms with Crippen molar-refractivity contribution in [3.05, 3.63) is 77.8 Å². The molecule has 5 aromatic rings. The van der Waals surface area contributed by atoms with Crippen LogP contribution < -0.4 is 5.32 Å². The third kappa shape index (κ3) is 3.41. The van der Waals surface area contributed by atoms with E-state index < -0.39 is 0 Å². The second kappa shape index (κ2) is 7.78. The Hall–Kier alpha value is -3.68. The van der Waals surface area contributed by atoms with E-state index in [2.05, 4.69) is 54.9 Å². The fraction of sp³-hybridized carbons (Fsp3) is 0.120. The van der Waals surface area contributed by atoms with Crippen LogP contribution in [0.5, 0.6) is 0 Å². The smallest absolute Gasteiger partial charge is 0.125 e. The van der Waals surface area contributed by atoms with Crippen LogP contribution in [0.2, 0.25) is 0 Å². The van der Waals surface area contributed by atoms with Crippen molar-refractivity contribution in [3.8, 4) is 33.2 Å². The number of imidazole rings is 1. The predicted molar refractivity (Wildman–Crippen MR) is 129 cm³/mol. The number of hydrogen-bond donors (Lipinski definition) is 2. The molecule has 6 nitrogen and oxygen atoms in total. The van der Waals surface area contributed by atoms with Crippen LogP contribution in [-0.2, 0) is 0 Å². The maximum Gasteiger partial charge on any atom is 0.125 e. The third-order valence-corrected chi connectivity index (χ3v) is 6.52. The molecule has 0 atom stereocenters. The molecule has 0 aliphatic carbocycles. The van der Waals surface area contributed by atoms with Crippen molar-refractivity contribution in [2.45, 2.75) is 6.92 Å². The Morgan fingerprint density at radius 3 is 2.78 bits per heavy atom. The number of H-pyrrole nitrogens is 1. The van der Waals surface area contributed by atoms with E-state index in [1.165, 1.54) is 5.57 Å². The van der Waals surface area contributed by atoms with Crippen LogP contribution in [0.25, 0.3) is 49.7 Å². The molecule has 6 rings (SSSR count). The monoisotopic (exact) mass is 436 g/mol. The molecular formula is C25H20N6S. The summed E-state index contributed by atoms with van der Waals surface area (Å²) in [5.74, 6) is 0. The van der Waals surface area contributed by atoms with Gasteiger partial charge in [-0.25, -0.2) is 9.97 Å². The number of fused-ring (bicyclic) bond motifs is 1. The number of nitrogens with one attached hydrogen (secondary N) is 2. The standard InChI is InChI=1S/C25H20N6S/c1-15-3-2-4-21(30-15)24-23(28-14-29-24)16-5-6-20-18(9-16)10-19(12-27-20)25-31-22(13-32-25)17-7-8-26-11-17/h2-7,9-10,12-14,26H,8,11H2,1H3,(H,28,29). The molecule has 32 heavy (non-hydrogen) atoms. The van der Waals surface area contributed by atoms with Crippen molar-refractivity contribution in [2.75, 3.05) is 13.1 Å². The highest BCUT2D eigenvalue weighted by molar-refractivity contribution is 7.13. The molecule has 0 bridgehead atoms. The first-order chi connectivity index (χ1) is 15.7. The molecule has 0 fully saturated rings. The number of thiazole rings is 1. The molecule has 156 valence electrons. The van der Waals surface area contributed by atoms with E-state index in [0.717, 1.165) is 68.6 Å². The number of aromatic nitrogens is 5. The van der Waals surface area contributed by atoms with Crippen LogP contribution in [0, 0.1) is 6.92 Å². The van der Waals surface area contributed by atoms with E-state index in [4.69, 9.17) is 4.98 Å². The Labute approximate surface area is 189 Å². The number of rotatable bonds is 4. The second-order valence-corrected chi connectivity index (χ2v) is 8.68. The number of aryl methyl sites for hydroxylation is 1. The molecule has 1 aliphatic rings. The topological polar surface area (TPSA) is 79.4 Å². The molecule has 4 aromatic heterocycles. The summed E-state index contributed by atoms with van der Waals surface area (Å²) < 4.78 is 0. The Morgan fingerprint density at radius 1 is 0.969 bits per heavy atom. The van der Waals surface area contributed by atoms with Crippen LogP contribution in [0.1, 0.15) is 11.4 Å². The van der Waals surface area contributed by atoms with E-state index in [1.54, 1.807) is 17.7 Å². The van der Waals surface area contributed by atoms with Crippen LogP contribution in [0.4, 0.5) is 0 Å². The van der Waals surface area contributed by atoms with Crippen molar-refractivity contribution in [1.29, 1.82) is 0 Å². The first-order valence-electron chi connectivity index (χ1n) is 10.5. The summed E-state index contributed by atoms with van der Waals surface area (Å²) in [4.78, 5) is 22.0. The summed E-state index contributed by atoms with van der Waals surface area (Å²) in [7, 11) is 0. The van der Waals surface area contributed by atoms with Crippen molar-refractivity contribution < 1.29 is 0 Å². The molecule has 7 heteroatoms. The van der Waals surface area contributed by atoms with Gasteiger partial charge in [-0.1, -0.05) is 18.2 Å². The van der Waals surface area contributed by atoms with Gasteiger partial charge in [-0.2, -0.15) is 0 Å². The zero-order valence-electron chi connectivity index (χ0n) is 17.5. The van der Waals surface area contributed by atoms with Crippen molar-refractivity contribution in [3.63, 3.8) is 0 Å². The first-order valence-corrected chi connectivity index (χ1v) is 11.4. The Bertz CT molecular complexity index is 1480. The zero-order chi connectivity index (χ0) is 21.5. The maximum absolute atomic E-state index is 4.85. The molecule has 0 amide bonds. The molecule has 1 aromatic carbocycles. The molecule has 0 saturated heterocycles. The largest absolute Gasteiger partial charge is 0.343 e. The van der Waals surface area contributed by atoms with Crippen molar-refractivity contribution in [2.24, 2.45) is 0 Å². The van der Waals surface area contributed by atoms with Gasteiger partial charge in [0.25, 0.3) is 0 Å². The molecule has 0 unspecified atom stereocenters.